The Bertz CT molecular complexity index is 440. The van der Waals surface area contributed by atoms with Gasteiger partial charge in [-0.15, -0.1) is 0 Å². The third kappa shape index (κ3) is 5.56. The molecule has 0 spiro atoms. The molecule has 1 aliphatic heterocycles. The smallest absolute Gasteiger partial charge is 0.234 e. The average molecular weight is 317 g/mol. The quantitative estimate of drug-likeness (QED) is 0.675. The first kappa shape index (κ1) is 16.7. The highest BCUT2D eigenvalue weighted by Crippen LogP contribution is 2.27. The van der Waals surface area contributed by atoms with Crippen molar-refractivity contribution in [2.24, 2.45) is 5.92 Å². The zero-order valence-corrected chi connectivity index (χ0v) is 13.6. The third-order valence-corrected chi connectivity index (χ3v) is 6.17. The summed E-state index contributed by atoms with van der Waals surface area (Å²) in [6.45, 7) is 4.21. The molecule has 6 nitrogen and oxygen atoms in total. The second kappa shape index (κ2) is 7.56. The molecule has 2 fully saturated rings. The van der Waals surface area contributed by atoms with Crippen molar-refractivity contribution in [1.29, 1.82) is 0 Å². The molecule has 2 N–H and O–H groups in total. The number of carbonyl (C=O) groups excluding carboxylic acids is 1. The van der Waals surface area contributed by atoms with Gasteiger partial charge in [-0.1, -0.05) is 6.92 Å². The summed E-state index contributed by atoms with van der Waals surface area (Å²) >= 11 is 0. The minimum absolute atomic E-state index is 0.0190. The monoisotopic (exact) mass is 317 g/mol. The summed E-state index contributed by atoms with van der Waals surface area (Å²) in [5.41, 5.74) is 0. The van der Waals surface area contributed by atoms with E-state index in [0.29, 0.717) is 38.9 Å². The van der Waals surface area contributed by atoms with Crippen LogP contribution in [-0.2, 0) is 14.8 Å². The lowest BCUT2D eigenvalue weighted by atomic mass is 10.1. The highest BCUT2D eigenvalue weighted by Gasteiger charge is 2.28. The molecule has 0 aromatic heterocycles. The molecule has 1 saturated heterocycles. The van der Waals surface area contributed by atoms with Gasteiger partial charge in [0.1, 0.15) is 0 Å². The third-order valence-electron chi connectivity index (χ3n) is 4.09. The van der Waals surface area contributed by atoms with Gasteiger partial charge in [-0.25, -0.2) is 12.7 Å². The predicted molar refractivity (Wildman–Crippen MR) is 82.4 cm³/mol. The number of sulfonamides is 1. The van der Waals surface area contributed by atoms with Gasteiger partial charge in [0.2, 0.25) is 15.9 Å². The van der Waals surface area contributed by atoms with Crippen molar-refractivity contribution >= 4 is 15.9 Å². The first-order valence-electron chi connectivity index (χ1n) is 7.99. The maximum Gasteiger partial charge on any atom is 0.234 e. The zero-order chi connectivity index (χ0) is 15.3. The number of carbonyl (C=O) groups is 1. The summed E-state index contributed by atoms with van der Waals surface area (Å²) in [6.07, 6.45) is 4.61. The normalized spacial score (nSPS) is 21.4. The van der Waals surface area contributed by atoms with Gasteiger partial charge in [0.05, 0.1) is 12.3 Å². The van der Waals surface area contributed by atoms with E-state index in [1.54, 1.807) is 4.31 Å². The summed E-state index contributed by atoms with van der Waals surface area (Å²) in [4.78, 5) is 11.8. The molecule has 1 saturated carbocycles. The van der Waals surface area contributed by atoms with Crippen LogP contribution < -0.4 is 10.6 Å². The average Bonchev–Trinajstić information content (AvgIpc) is 3.23. The van der Waals surface area contributed by atoms with Crippen LogP contribution in [0, 0.1) is 5.92 Å². The number of piperidine rings is 1. The highest BCUT2D eigenvalue weighted by atomic mass is 32.2. The Kier molecular flexibility index (Phi) is 6.01. The highest BCUT2D eigenvalue weighted by molar-refractivity contribution is 7.89. The van der Waals surface area contributed by atoms with Gasteiger partial charge >= 0.3 is 0 Å². The van der Waals surface area contributed by atoms with E-state index in [9.17, 15) is 13.2 Å². The van der Waals surface area contributed by atoms with E-state index in [2.05, 4.69) is 10.6 Å². The van der Waals surface area contributed by atoms with Crippen LogP contribution in [0.15, 0.2) is 0 Å². The Morgan fingerprint density at radius 1 is 1.19 bits per heavy atom. The fraction of sp³-hybridized carbons (Fsp3) is 0.929. The zero-order valence-electron chi connectivity index (χ0n) is 12.8. The van der Waals surface area contributed by atoms with E-state index in [0.717, 1.165) is 12.5 Å². The maximum absolute atomic E-state index is 12.0. The lowest BCUT2D eigenvalue weighted by Gasteiger charge is -2.31. The summed E-state index contributed by atoms with van der Waals surface area (Å²) in [6, 6.07) is 0.105. The molecule has 122 valence electrons. The van der Waals surface area contributed by atoms with E-state index in [1.165, 1.54) is 12.8 Å². The molecule has 0 aromatic carbocycles. The molecule has 2 rings (SSSR count). The molecule has 0 aromatic rings. The first-order valence-corrected chi connectivity index (χ1v) is 9.60. The lowest BCUT2D eigenvalue weighted by molar-refractivity contribution is -0.121. The predicted octanol–water partition coefficient (Wildman–Crippen LogP) is 0.306. The van der Waals surface area contributed by atoms with Crippen LogP contribution in [0.1, 0.15) is 39.0 Å². The Balaban J connectivity index is 1.64. The topological polar surface area (TPSA) is 78.5 Å². The van der Waals surface area contributed by atoms with Gasteiger partial charge in [0, 0.05) is 19.1 Å². The molecule has 0 radical (unpaired) electrons. The van der Waals surface area contributed by atoms with Crippen molar-refractivity contribution in [3.05, 3.63) is 0 Å². The van der Waals surface area contributed by atoms with Crippen LogP contribution in [0.2, 0.25) is 0 Å². The second-order valence-electron chi connectivity index (χ2n) is 6.13. The molecule has 0 bridgehead atoms. The Morgan fingerprint density at radius 2 is 1.86 bits per heavy atom. The van der Waals surface area contributed by atoms with Gasteiger partial charge in [-0.2, -0.15) is 0 Å². The van der Waals surface area contributed by atoms with Crippen LogP contribution in [0.5, 0.6) is 0 Å². The number of nitrogens with one attached hydrogen (secondary N) is 2. The minimum Gasteiger partial charge on any atom is -0.352 e. The SMILES string of the molecule is CCCS(=O)(=O)N1CCC(NC(=O)CNCC2CC2)CC1. The standard InChI is InChI=1S/C14H27N3O3S/c1-2-9-21(19,20)17-7-5-13(6-8-17)16-14(18)11-15-10-12-3-4-12/h12-13,15H,2-11H2,1H3,(H,16,18). The minimum atomic E-state index is -3.09. The van der Waals surface area contributed by atoms with E-state index in [-0.39, 0.29) is 17.7 Å². The summed E-state index contributed by atoms with van der Waals surface area (Å²) < 4.78 is 25.5. The molecule has 0 atom stereocenters. The molecular weight excluding hydrogens is 290 g/mol. The van der Waals surface area contributed by atoms with Crippen molar-refractivity contribution in [2.45, 2.75) is 45.1 Å². The largest absolute Gasteiger partial charge is 0.352 e. The Morgan fingerprint density at radius 3 is 2.43 bits per heavy atom. The van der Waals surface area contributed by atoms with E-state index >= 15 is 0 Å². The van der Waals surface area contributed by atoms with Crippen LogP contribution in [-0.4, -0.2) is 56.6 Å². The van der Waals surface area contributed by atoms with Gasteiger partial charge in [0.25, 0.3) is 0 Å². The molecule has 1 heterocycles. The van der Waals surface area contributed by atoms with E-state index < -0.39 is 10.0 Å². The first-order chi connectivity index (χ1) is 10.0. The number of amides is 1. The van der Waals surface area contributed by atoms with Gasteiger partial charge in [-0.3, -0.25) is 4.79 Å². The van der Waals surface area contributed by atoms with Crippen molar-refractivity contribution in [2.75, 3.05) is 31.9 Å². The fourth-order valence-electron chi connectivity index (χ4n) is 2.66. The Labute approximate surface area is 127 Å². The maximum atomic E-state index is 12.0. The van der Waals surface area contributed by atoms with Crippen molar-refractivity contribution in [3.8, 4) is 0 Å². The van der Waals surface area contributed by atoms with Gasteiger partial charge in [-0.05, 0) is 44.6 Å². The summed E-state index contributed by atoms with van der Waals surface area (Å²) in [5, 5.41) is 6.16. The summed E-state index contributed by atoms with van der Waals surface area (Å²) in [7, 11) is -3.09. The van der Waals surface area contributed by atoms with Crippen LogP contribution in [0.3, 0.4) is 0 Å². The van der Waals surface area contributed by atoms with Gasteiger partial charge < -0.3 is 10.6 Å². The Hall–Kier alpha value is -0.660. The van der Waals surface area contributed by atoms with Crippen molar-refractivity contribution in [1.82, 2.24) is 14.9 Å². The number of hydrogen-bond acceptors (Lipinski definition) is 4. The summed E-state index contributed by atoms with van der Waals surface area (Å²) in [5.74, 6) is 1.00. The fourth-order valence-corrected chi connectivity index (χ4v) is 4.20. The lowest BCUT2D eigenvalue weighted by Crippen LogP contribution is -2.48. The molecule has 1 aliphatic carbocycles. The number of nitrogens with zero attached hydrogens (tertiary/aromatic N) is 1. The number of hydrogen-bond donors (Lipinski definition) is 2. The van der Waals surface area contributed by atoms with Crippen LogP contribution in [0.25, 0.3) is 0 Å². The van der Waals surface area contributed by atoms with E-state index in [4.69, 9.17) is 0 Å². The van der Waals surface area contributed by atoms with Crippen molar-refractivity contribution in [3.63, 3.8) is 0 Å². The molecule has 0 unspecified atom stereocenters. The molecule has 7 heteroatoms. The van der Waals surface area contributed by atoms with Crippen LogP contribution in [0.4, 0.5) is 0 Å². The molecule has 1 amide bonds. The molecule has 2 aliphatic rings. The van der Waals surface area contributed by atoms with Crippen LogP contribution >= 0.6 is 0 Å². The molecule has 21 heavy (non-hydrogen) atoms. The number of rotatable bonds is 8. The van der Waals surface area contributed by atoms with Crippen molar-refractivity contribution < 1.29 is 13.2 Å². The van der Waals surface area contributed by atoms with Gasteiger partial charge in [0.15, 0.2) is 0 Å². The van der Waals surface area contributed by atoms with E-state index in [1.807, 2.05) is 6.92 Å². The molecular formula is C14H27N3O3S. The second-order valence-corrected chi connectivity index (χ2v) is 8.22.